The van der Waals surface area contributed by atoms with Gasteiger partial charge < -0.3 is 9.88 Å². The maximum atomic E-state index is 12.4. The number of aryl methyl sites for hydroxylation is 1. The van der Waals surface area contributed by atoms with Crippen molar-refractivity contribution in [3.63, 3.8) is 0 Å². The molecule has 3 aromatic rings. The van der Waals surface area contributed by atoms with Crippen molar-refractivity contribution in [3.8, 4) is 10.8 Å². The van der Waals surface area contributed by atoms with Crippen molar-refractivity contribution in [3.05, 3.63) is 47.8 Å². The van der Waals surface area contributed by atoms with Gasteiger partial charge in [-0.3, -0.25) is 4.79 Å². The highest BCUT2D eigenvalue weighted by molar-refractivity contribution is 7.17. The van der Waals surface area contributed by atoms with Crippen LogP contribution in [0.4, 0.5) is 0 Å². The van der Waals surface area contributed by atoms with E-state index in [1.54, 1.807) is 31.0 Å². The summed E-state index contributed by atoms with van der Waals surface area (Å²) in [5, 5.41) is 3.63. The summed E-state index contributed by atoms with van der Waals surface area (Å²) >= 11 is 1.30. The van der Waals surface area contributed by atoms with Gasteiger partial charge in [0.15, 0.2) is 10.8 Å². The molecule has 0 aliphatic heterocycles. The fraction of sp³-hybridized carbons (Fsp3) is 0.267. The zero-order valence-electron chi connectivity index (χ0n) is 12.8. The molecule has 3 aromatic heterocycles. The molecule has 23 heavy (non-hydrogen) atoms. The molecule has 118 valence electrons. The molecule has 0 saturated carbocycles. The van der Waals surface area contributed by atoms with Crippen LogP contribution in [0, 0.1) is 6.92 Å². The van der Waals surface area contributed by atoms with Gasteiger partial charge in [0.1, 0.15) is 4.88 Å². The molecule has 7 nitrogen and oxygen atoms in total. The van der Waals surface area contributed by atoms with Gasteiger partial charge in [-0.05, 0) is 19.9 Å². The molecule has 3 heterocycles. The fourth-order valence-electron chi connectivity index (χ4n) is 2.16. The average molecular weight is 328 g/mol. The monoisotopic (exact) mass is 328 g/mol. The zero-order chi connectivity index (χ0) is 16.2. The van der Waals surface area contributed by atoms with Crippen molar-refractivity contribution >= 4 is 17.2 Å². The first-order valence-electron chi connectivity index (χ1n) is 7.15. The van der Waals surface area contributed by atoms with Crippen LogP contribution in [0.15, 0.2) is 37.2 Å². The number of carbonyl (C=O) groups is 1. The van der Waals surface area contributed by atoms with Gasteiger partial charge in [0.25, 0.3) is 5.91 Å². The summed E-state index contributed by atoms with van der Waals surface area (Å²) in [5.41, 5.74) is 0.685. The number of amides is 1. The van der Waals surface area contributed by atoms with Crippen LogP contribution in [-0.2, 0) is 6.54 Å². The third-order valence-corrected chi connectivity index (χ3v) is 4.33. The highest BCUT2D eigenvalue weighted by atomic mass is 32.1. The van der Waals surface area contributed by atoms with E-state index in [0.717, 1.165) is 0 Å². The van der Waals surface area contributed by atoms with Crippen molar-refractivity contribution in [1.29, 1.82) is 0 Å². The summed E-state index contributed by atoms with van der Waals surface area (Å²) in [6.45, 7) is 4.44. The van der Waals surface area contributed by atoms with Crippen molar-refractivity contribution in [2.24, 2.45) is 0 Å². The minimum Gasteiger partial charge on any atom is -0.347 e. The molecule has 0 saturated heterocycles. The molecule has 0 aliphatic rings. The van der Waals surface area contributed by atoms with Crippen molar-refractivity contribution in [2.45, 2.75) is 26.4 Å². The van der Waals surface area contributed by atoms with Gasteiger partial charge in [0.2, 0.25) is 0 Å². The van der Waals surface area contributed by atoms with Gasteiger partial charge in [-0.15, -0.1) is 11.3 Å². The second-order valence-electron chi connectivity index (χ2n) is 5.14. The molecule has 1 unspecified atom stereocenters. The highest BCUT2D eigenvalue weighted by Crippen LogP contribution is 2.25. The van der Waals surface area contributed by atoms with Crippen LogP contribution in [0.3, 0.4) is 0 Å². The summed E-state index contributed by atoms with van der Waals surface area (Å²) in [6.07, 6.45) is 8.63. The Labute approximate surface area is 137 Å². The lowest BCUT2D eigenvalue weighted by molar-refractivity contribution is 0.0940. The van der Waals surface area contributed by atoms with Crippen LogP contribution in [0.2, 0.25) is 0 Å². The third-order valence-electron chi connectivity index (χ3n) is 3.18. The summed E-state index contributed by atoms with van der Waals surface area (Å²) in [4.78, 5) is 29.8. The lowest BCUT2D eigenvalue weighted by atomic mass is 10.3. The Kier molecular flexibility index (Phi) is 4.42. The van der Waals surface area contributed by atoms with Crippen molar-refractivity contribution < 1.29 is 4.79 Å². The lowest BCUT2D eigenvalue weighted by Gasteiger charge is -2.13. The molecule has 0 aromatic carbocycles. The molecular formula is C15H16N6OS. The minimum absolute atomic E-state index is 0.0189. The molecule has 0 bridgehead atoms. The molecule has 0 radical (unpaired) electrons. The summed E-state index contributed by atoms with van der Waals surface area (Å²) in [6, 6.07) is 1.73. The Morgan fingerprint density at radius 1 is 1.35 bits per heavy atom. The first-order chi connectivity index (χ1) is 11.1. The molecule has 0 spiro atoms. The SMILES string of the molecule is Cc1nc(-c2ncccn2)sc1C(=O)NC(C)Cn1ccnc1. The van der Waals surface area contributed by atoms with E-state index in [1.807, 2.05) is 24.6 Å². The quantitative estimate of drug-likeness (QED) is 0.773. The first-order valence-corrected chi connectivity index (χ1v) is 7.96. The topological polar surface area (TPSA) is 85.6 Å². The smallest absolute Gasteiger partial charge is 0.263 e. The molecular weight excluding hydrogens is 312 g/mol. The number of imidazole rings is 1. The predicted molar refractivity (Wildman–Crippen MR) is 87.0 cm³/mol. The minimum atomic E-state index is -0.130. The van der Waals surface area contributed by atoms with Crippen LogP contribution in [0.5, 0.6) is 0 Å². The van der Waals surface area contributed by atoms with Gasteiger partial charge in [0.05, 0.1) is 12.0 Å². The van der Waals surface area contributed by atoms with E-state index in [2.05, 4.69) is 25.3 Å². The van der Waals surface area contributed by atoms with Crippen molar-refractivity contribution in [1.82, 2.24) is 29.8 Å². The van der Waals surface area contributed by atoms with E-state index in [0.29, 0.717) is 27.9 Å². The second kappa shape index (κ2) is 6.66. The van der Waals surface area contributed by atoms with Crippen molar-refractivity contribution in [2.75, 3.05) is 0 Å². The Morgan fingerprint density at radius 3 is 2.83 bits per heavy atom. The van der Waals surface area contributed by atoms with Crippen LogP contribution >= 0.6 is 11.3 Å². The summed E-state index contributed by atoms with van der Waals surface area (Å²) in [7, 11) is 0. The molecule has 1 N–H and O–H groups in total. The van der Waals surface area contributed by atoms with Crippen LogP contribution in [0.1, 0.15) is 22.3 Å². The highest BCUT2D eigenvalue weighted by Gasteiger charge is 2.18. The standard InChI is InChI=1S/C15H16N6OS/c1-10(8-21-7-6-16-9-21)19-14(22)12-11(2)20-15(23-12)13-17-4-3-5-18-13/h3-7,9-10H,8H2,1-2H3,(H,19,22). The van der Waals surface area contributed by atoms with E-state index < -0.39 is 0 Å². The number of hydrogen-bond donors (Lipinski definition) is 1. The normalized spacial score (nSPS) is 12.1. The van der Waals surface area contributed by atoms with E-state index in [4.69, 9.17) is 0 Å². The summed E-state index contributed by atoms with van der Waals surface area (Å²) in [5.74, 6) is 0.404. The van der Waals surface area contributed by atoms with Gasteiger partial charge in [-0.25, -0.2) is 19.9 Å². The number of carbonyl (C=O) groups excluding carboxylic acids is 1. The van der Waals surface area contributed by atoms with Crippen LogP contribution in [-0.4, -0.2) is 36.5 Å². The summed E-state index contributed by atoms with van der Waals surface area (Å²) < 4.78 is 1.92. The molecule has 1 atom stereocenters. The number of aromatic nitrogens is 5. The molecule has 0 aliphatic carbocycles. The van der Waals surface area contributed by atoms with Crippen LogP contribution < -0.4 is 5.32 Å². The number of hydrogen-bond acceptors (Lipinski definition) is 6. The van der Waals surface area contributed by atoms with E-state index in [9.17, 15) is 4.79 Å². The lowest BCUT2D eigenvalue weighted by Crippen LogP contribution is -2.35. The number of thiazole rings is 1. The maximum absolute atomic E-state index is 12.4. The van der Waals surface area contributed by atoms with Gasteiger partial charge >= 0.3 is 0 Å². The predicted octanol–water partition coefficient (Wildman–Crippen LogP) is 1.92. The zero-order valence-corrected chi connectivity index (χ0v) is 13.6. The van der Waals surface area contributed by atoms with E-state index in [1.165, 1.54) is 11.3 Å². The largest absolute Gasteiger partial charge is 0.347 e. The Hall–Kier alpha value is -2.61. The molecule has 3 rings (SSSR count). The van der Waals surface area contributed by atoms with E-state index in [-0.39, 0.29) is 11.9 Å². The average Bonchev–Trinajstić information content (AvgIpc) is 3.17. The Bertz CT molecular complexity index is 784. The van der Waals surface area contributed by atoms with Crippen LogP contribution in [0.25, 0.3) is 10.8 Å². The van der Waals surface area contributed by atoms with E-state index >= 15 is 0 Å². The first kappa shape index (κ1) is 15.3. The number of nitrogens with zero attached hydrogens (tertiary/aromatic N) is 5. The van der Waals surface area contributed by atoms with Gasteiger partial charge in [-0.2, -0.15) is 0 Å². The maximum Gasteiger partial charge on any atom is 0.263 e. The second-order valence-corrected chi connectivity index (χ2v) is 6.14. The fourth-order valence-corrected chi connectivity index (χ4v) is 3.08. The molecule has 0 fully saturated rings. The number of nitrogens with one attached hydrogen (secondary N) is 1. The van der Waals surface area contributed by atoms with Gasteiger partial charge in [-0.1, -0.05) is 0 Å². The molecule has 1 amide bonds. The Morgan fingerprint density at radius 2 is 2.13 bits per heavy atom. The molecule has 8 heteroatoms. The number of rotatable bonds is 5. The van der Waals surface area contributed by atoms with Gasteiger partial charge in [0, 0.05) is 37.4 Å². The Balaban J connectivity index is 1.71. The third kappa shape index (κ3) is 3.59.